The molecule has 6 N–H and O–H groups in total. The summed E-state index contributed by atoms with van der Waals surface area (Å²) in [5.41, 5.74) is 2.04. The molecule has 0 heterocycles. The smallest absolute Gasteiger partial charge is 0.240 e. The van der Waals surface area contributed by atoms with Gasteiger partial charge in [0.05, 0.1) is 37.4 Å². The van der Waals surface area contributed by atoms with Gasteiger partial charge in [0.2, 0.25) is 10.0 Å². The fraction of sp³-hybridized carbons (Fsp3) is 0.586. The van der Waals surface area contributed by atoms with Gasteiger partial charge in [-0.2, -0.15) is 0 Å². The molecule has 0 radical (unpaired) electrons. The Morgan fingerprint density at radius 1 is 0.825 bits per heavy atom. The van der Waals surface area contributed by atoms with Gasteiger partial charge in [0.15, 0.2) is 0 Å². The summed E-state index contributed by atoms with van der Waals surface area (Å²) in [6, 6.07) is 11.7. The number of aromatic hydroxyl groups is 1. The molecule has 2 rings (SSSR count). The van der Waals surface area contributed by atoms with E-state index in [1.165, 1.54) is 6.07 Å². The van der Waals surface area contributed by atoms with Crippen LogP contribution in [0.15, 0.2) is 47.4 Å². The number of aliphatic hydroxyl groups excluding tert-OH is 3. The lowest BCUT2D eigenvalue weighted by Crippen LogP contribution is -2.27. The fourth-order valence-electron chi connectivity index (χ4n) is 4.11. The standard InChI is InChI=1S/C29H46N2O8S/c32-15-19-39-18-14-31-40(36,37)27-10-7-9-24(20-27)8-3-6-17-38-16-5-2-1-4-13-30-22-29(35)25-11-12-28(34)26(21-25)23-33/h7,9-12,20-21,29-35H,1-6,8,13-19,22-23H2. The van der Waals surface area contributed by atoms with Crippen LogP contribution >= 0.6 is 0 Å². The second-order valence-electron chi connectivity index (χ2n) is 9.63. The van der Waals surface area contributed by atoms with Crippen molar-refractivity contribution in [2.75, 3.05) is 52.7 Å². The molecule has 0 bridgehead atoms. The Hall–Kier alpha value is -2.09. The highest BCUT2D eigenvalue weighted by Gasteiger charge is 2.14. The number of benzene rings is 2. The van der Waals surface area contributed by atoms with E-state index in [1.54, 1.807) is 30.3 Å². The predicted molar refractivity (Wildman–Crippen MR) is 154 cm³/mol. The second kappa shape index (κ2) is 19.9. The van der Waals surface area contributed by atoms with Crippen molar-refractivity contribution in [1.82, 2.24) is 10.0 Å². The number of ether oxygens (including phenoxy) is 2. The van der Waals surface area contributed by atoms with Crippen molar-refractivity contribution in [2.24, 2.45) is 0 Å². The van der Waals surface area contributed by atoms with Crippen LogP contribution < -0.4 is 10.0 Å². The molecule has 0 fully saturated rings. The maximum Gasteiger partial charge on any atom is 0.240 e. The van der Waals surface area contributed by atoms with Crippen LogP contribution in [0.1, 0.15) is 61.3 Å². The van der Waals surface area contributed by atoms with Crippen LogP contribution in [-0.2, 0) is 32.5 Å². The number of unbranched alkanes of at least 4 members (excludes halogenated alkanes) is 4. The highest BCUT2D eigenvalue weighted by atomic mass is 32.2. The third kappa shape index (κ3) is 13.5. The summed E-state index contributed by atoms with van der Waals surface area (Å²) in [6.45, 7) is 2.81. The normalized spacial score (nSPS) is 12.6. The summed E-state index contributed by atoms with van der Waals surface area (Å²) >= 11 is 0. The van der Waals surface area contributed by atoms with Gasteiger partial charge in [0.1, 0.15) is 5.75 Å². The topological polar surface area (TPSA) is 158 Å². The monoisotopic (exact) mass is 582 g/mol. The first-order chi connectivity index (χ1) is 19.4. The van der Waals surface area contributed by atoms with Gasteiger partial charge >= 0.3 is 0 Å². The zero-order valence-electron chi connectivity index (χ0n) is 23.3. The number of hydrogen-bond donors (Lipinski definition) is 6. The molecule has 0 aliphatic carbocycles. The van der Waals surface area contributed by atoms with Crippen LogP contribution in [0.25, 0.3) is 0 Å². The number of phenols is 1. The average molecular weight is 583 g/mol. The Kier molecular flexibility index (Phi) is 17.0. The number of hydrogen-bond acceptors (Lipinski definition) is 9. The minimum atomic E-state index is -3.59. The molecule has 0 spiro atoms. The molecule has 40 heavy (non-hydrogen) atoms. The van der Waals surface area contributed by atoms with Gasteiger partial charge in [-0.3, -0.25) is 0 Å². The Labute approximate surface area is 238 Å². The van der Waals surface area contributed by atoms with Gasteiger partial charge in [0, 0.05) is 31.9 Å². The summed E-state index contributed by atoms with van der Waals surface area (Å²) in [6.07, 6.45) is 6.06. The number of nitrogens with one attached hydrogen (secondary N) is 2. The van der Waals surface area contributed by atoms with E-state index >= 15 is 0 Å². The second-order valence-corrected chi connectivity index (χ2v) is 11.4. The number of sulfonamides is 1. The molecule has 1 atom stereocenters. The lowest BCUT2D eigenvalue weighted by Gasteiger charge is -2.14. The van der Waals surface area contributed by atoms with E-state index in [0.29, 0.717) is 24.3 Å². The molecule has 0 amide bonds. The molecule has 0 aromatic heterocycles. The van der Waals surface area contributed by atoms with Crippen molar-refractivity contribution in [3.8, 4) is 5.75 Å². The summed E-state index contributed by atoms with van der Waals surface area (Å²) in [4.78, 5) is 0.240. The quantitative estimate of drug-likeness (QED) is 0.108. The van der Waals surface area contributed by atoms with Crippen LogP contribution in [0, 0.1) is 0 Å². The van der Waals surface area contributed by atoms with Gasteiger partial charge < -0.3 is 35.2 Å². The zero-order chi connectivity index (χ0) is 29.1. The lowest BCUT2D eigenvalue weighted by molar-refractivity contribution is 0.0961. The molecular weight excluding hydrogens is 536 g/mol. The Balaban J connectivity index is 1.47. The molecule has 1 unspecified atom stereocenters. The molecule has 11 heteroatoms. The van der Waals surface area contributed by atoms with Gasteiger partial charge in [-0.25, -0.2) is 13.1 Å². The Morgan fingerprint density at radius 3 is 2.35 bits per heavy atom. The summed E-state index contributed by atoms with van der Waals surface area (Å²) in [5, 5.41) is 41.1. The molecule has 226 valence electrons. The molecule has 0 saturated heterocycles. The average Bonchev–Trinajstić information content (AvgIpc) is 2.95. The minimum Gasteiger partial charge on any atom is -0.508 e. The third-order valence-corrected chi connectivity index (χ3v) is 7.83. The molecule has 2 aromatic rings. The summed E-state index contributed by atoms with van der Waals surface area (Å²) < 4.78 is 38.2. The third-order valence-electron chi connectivity index (χ3n) is 6.38. The Bertz CT molecular complexity index is 1070. The van der Waals surface area contributed by atoms with E-state index in [2.05, 4.69) is 10.0 Å². The van der Waals surface area contributed by atoms with E-state index in [9.17, 15) is 23.7 Å². The van der Waals surface area contributed by atoms with Gasteiger partial charge in [-0.1, -0.05) is 31.0 Å². The predicted octanol–water partition coefficient (Wildman–Crippen LogP) is 2.39. The maximum atomic E-state index is 12.4. The minimum absolute atomic E-state index is 0.0270. The van der Waals surface area contributed by atoms with E-state index in [0.717, 1.165) is 63.7 Å². The summed E-state index contributed by atoms with van der Waals surface area (Å²) in [7, 11) is -3.59. The van der Waals surface area contributed by atoms with Crippen LogP contribution in [0.4, 0.5) is 0 Å². The largest absolute Gasteiger partial charge is 0.508 e. The number of aryl methyl sites for hydroxylation is 1. The lowest BCUT2D eigenvalue weighted by atomic mass is 10.1. The number of aliphatic hydroxyl groups is 3. The van der Waals surface area contributed by atoms with Crippen LogP contribution in [0.5, 0.6) is 5.75 Å². The highest BCUT2D eigenvalue weighted by molar-refractivity contribution is 7.89. The van der Waals surface area contributed by atoms with Gasteiger partial charge in [0.25, 0.3) is 0 Å². The van der Waals surface area contributed by atoms with Crippen molar-refractivity contribution in [2.45, 2.75) is 62.6 Å². The van der Waals surface area contributed by atoms with E-state index in [1.807, 2.05) is 6.07 Å². The van der Waals surface area contributed by atoms with Crippen LogP contribution in [-0.4, -0.2) is 81.5 Å². The van der Waals surface area contributed by atoms with Crippen LogP contribution in [0.3, 0.4) is 0 Å². The first-order valence-corrected chi connectivity index (χ1v) is 15.5. The SMILES string of the molecule is O=S(=O)(NCCOCCO)c1cccc(CCCCOCCCCCCNCC(O)c2ccc(O)c(CO)c2)c1. The zero-order valence-corrected chi connectivity index (χ0v) is 24.1. The van der Waals surface area contributed by atoms with E-state index < -0.39 is 16.1 Å². The molecule has 0 saturated carbocycles. The number of rotatable bonds is 23. The molecule has 2 aromatic carbocycles. The molecule has 10 nitrogen and oxygen atoms in total. The Morgan fingerprint density at radius 2 is 1.57 bits per heavy atom. The van der Waals surface area contributed by atoms with Crippen molar-refractivity contribution < 1.29 is 38.3 Å². The van der Waals surface area contributed by atoms with Gasteiger partial charge in [-0.15, -0.1) is 0 Å². The molecular formula is C29H46N2O8S. The van der Waals surface area contributed by atoms with Crippen molar-refractivity contribution in [3.05, 3.63) is 59.2 Å². The fourth-order valence-corrected chi connectivity index (χ4v) is 5.19. The summed E-state index contributed by atoms with van der Waals surface area (Å²) in [5.74, 6) is 0.0270. The first kappa shape index (κ1) is 34.1. The van der Waals surface area contributed by atoms with Crippen molar-refractivity contribution in [1.29, 1.82) is 0 Å². The maximum absolute atomic E-state index is 12.4. The van der Waals surface area contributed by atoms with Crippen LogP contribution in [0.2, 0.25) is 0 Å². The van der Waals surface area contributed by atoms with E-state index in [-0.39, 0.29) is 43.6 Å². The van der Waals surface area contributed by atoms with Gasteiger partial charge in [-0.05, 0) is 74.0 Å². The molecule has 0 aliphatic heterocycles. The van der Waals surface area contributed by atoms with Crippen molar-refractivity contribution >= 4 is 10.0 Å². The molecule has 0 aliphatic rings. The van der Waals surface area contributed by atoms with Crippen molar-refractivity contribution in [3.63, 3.8) is 0 Å². The highest BCUT2D eigenvalue weighted by Crippen LogP contribution is 2.22. The van der Waals surface area contributed by atoms with E-state index in [4.69, 9.17) is 14.6 Å². The first-order valence-electron chi connectivity index (χ1n) is 14.0.